The van der Waals surface area contributed by atoms with Gasteiger partial charge in [-0.1, -0.05) is 13.8 Å². The van der Waals surface area contributed by atoms with Crippen molar-refractivity contribution in [1.29, 1.82) is 0 Å². The van der Waals surface area contributed by atoms with Crippen LogP contribution in [-0.4, -0.2) is 61.4 Å². The molecule has 1 aliphatic heterocycles. The molecule has 0 amide bonds. The van der Waals surface area contributed by atoms with Gasteiger partial charge in [0.1, 0.15) is 5.54 Å². The first kappa shape index (κ1) is 18.4. The Hall–Kier alpha value is -0.650. The van der Waals surface area contributed by atoms with Gasteiger partial charge in [-0.05, 0) is 33.9 Å². The number of likely N-dealkylation sites (N-methyl/N-ethyl adjacent to an activating group) is 1. The van der Waals surface area contributed by atoms with Crippen molar-refractivity contribution in [2.24, 2.45) is 0 Å². The predicted molar refractivity (Wildman–Crippen MR) is 84.4 cm³/mol. The van der Waals surface area contributed by atoms with Gasteiger partial charge in [-0.15, -0.1) is 0 Å². The second-order valence-corrected chi connectivity index (χ2v) is 5.92. The van der Waals surface area contributed by atoms with Crippen molar-refractivity contribution in [3.63, 3.8) is 0 Å². The zero-order chi connectivity index (χ0) is 15.9. The second kappa shape index (κ2) is 8.71. The number of carbonyl (C=O) groups excluding carboxylic acids is 1. The fraction of sp³-hybridized carbons (Fsp3) is 0.938. The van der Waals surface area contributed by atoms with Crippen LogP contribution in [0, 0.1) is 0 Å². The highest BCUT2D eigenvalue weighted by Gasteiger charge is 2.45. The van der Waals surface area contributed by atoms with Crippen molar-refractivity contribution in [2.75, 3.05) is 32.8 Å². The molecule has 0 spiro atoms. The Morgan fingerprint density at radius 1 is 1.24 bits per heavy atom. The molecule has 1 heterocycles. The molecule has 1 aliphatic rings. The average Bonchev–Trinajstić information content (AvgIpc) is 2.43. The summed E-state index contributed by atoms with van der Waals surface area (Å²) in [6, 6.07) is 0. The van der Waals surface area contributed by atoms with Gasteiger partial charge in [0.2, 0.25) is 0 Å². The van der Waals surface area contributed by atoms with Gasteiger partial charge in [0.25, 0.3) is 0 Å². The van der Waals surface area contributed by atoms with Gasteiger partial charge < -0.3 is 19.7 Å². The zero-order valence-electron chi connectivity index (χ0n) is 14.3. The van der Waals surface area contributed by atoms with Crippen molar-refractivity contribution < 1.29 is 14.3 Å². The van der Waals surface area contributed by atoms with Gasteiger partial charge in [-0.2, -0.15) is 0 Å². The van der Waals surface area contributed by atoms with Crippen molar-refractivity contribution in [2.45, 2.75) is 65.2 Å². The standard InChI is InChI=1S/C16H32N2O3/c1-6-18(7-2)10-9-17-16(15(19)20-8-3)11-13(4)21-14(5)12-16/h13-14,17H,6-12H2,1-5H3. The Balaban J connectivity index is 2.70. The first-order valence-corrected chi connectivity index (χ1v) is 8.27. The van der Waals surface area contributed by atoms with E-state index in [1.165, 1.54) is 0 Å². The van der Waals surface area contributed by atoms with Gasteiger partial charge >= 0.3 is 5.97 Å². The lowest BCUT2D eigenvalue weighted by Crippen LogP contribution is -2.60. The van der Waals surface area contributed by atoms with Crippen molar-refractivity contribution >= 4 is 5.97 Å². The lowest BCUT2D eigenvalue weighted by atomic mass is 9.84. The maximum absolute atomic E-state index is 12.5. The molecule has 0 aliphatic carbocycles. The summed E-state index contributed by atoms with van der Waals surface area (Å²) in [7, 11) is 0. The highest BCUT2D eigenvalue weighted by Crippen LogP contribution is 2.30. The molecule has 21 heavy (non-hydrogen) atoms. The number of carbonyl (C=O) groups is 1. The maximum atomic E-state index is 12.5. The van der Waals surface area contributed by atoms with Gasteiger partial charge in [0, 0.05) is 25.9 Å². The number of rotatable bonds is 8. The molecule has 5 heteroatoms. The van der Waals surface area contributed by atoms with E-state index in [0.29, 0.717) is 19.4 Å². The van der Waals surface area contributed by atoms with Crippen LogP contribution in [0.15, 0.2) is 0 Å². The fourth-order valence-corrected chi connectivity index (χ4v) is 3.20. The summed E-state index contributed by atoms with van der Waals surface area (Å²) >= 11 is 0. The topological polar surface area (TPSA) is 50.8 Å². The number of ether oxygens (including phenoxy) is 2. The Morgan fingerprint density at radius 2 is 1.81 bits per heavy atom. The van der Waals surface area contributed by atoms with Gasteiger partial charge in [0.05, 0.1) is 18.8 Å². The van der Waals surface area contributed by atoms with Crippen LogP contribution in [0.25, 0.3) is 0 Å². The molecule has 2 atom stereocenters. The Morgan fingerprint density at radius 3 is 2.29 bits per heavy atom. The molecular formula is C16H32N2O3. The number of nitrogens with zero attached hydrogens (tertiary/aromatic N) is 1. The highest BCUT2D eigenvalue weighted by molar-refractivity contribution is 5.81. The van der Waals surface area contributed by atoms with Crippen LogP contribution in [0.4, 0.5) is 0 Å². The molecule has 0 bridgehead atoms. The zero-order valence-corrected chi connectivity index (χ0v) is 14.3. The predicted octanol–water partition coefficient (Wildman–Crippen LogP) is 1.81. The van der Waals surface area contributed by atoms with Crippen LogP contribution in [0.2, 0.25) is 0 Å². The maximum Gasteiger partial charge on any atom is 0.326 e. The van der Waals surface area contributed by atoms with Crippen molar-refractivity contribution in [3.05, 3.63) is 0 Å². The molecule has 0 radical (unpaired) electrons. The molecule has 0 aromatic heterocycles. The molecule has 124 valence electrons. The van der Waals surface area contributed by atoms with Crippen LogP contribution < -0.4 is 5.32 Å². The molecule has 5 nitrogen and oxygen atoms in total. The summed E-state index contributed by atoms with van der Waals surface area (Å²) in [5.41, 5.74) is -0.597. The van der Waals surface area contributed by atoms with E-state index in [0.717, 1.165) is 26.2 Å². The molecule has 1 rings (SSSR count). The van der Waals surface area contributed by atoms with E-state index < -0.39 is 5.54 Å². The Kier molecular flexibility index (Phi) is 7.63. The van der Waals surface area contributed by atoms with Gasteiger partial charge in [0.15, 0.2) is 0 Å². The summed E-state index contributed by atoms with van der Waals surface area (Å²) in [5.74, 6) is -0.133. The van der Waals surface area contributed by atoms with Gasteiger partial charge in [-0.25, -0.2) is 0 Å². The summed E-state index contributed by atoms with van der Waals surface area (Å²) in [6.07, 6.45) is 1.49. The van der Waals surface area contributed by atoms with Gasteiger partial charge in [-0.3, -0.25) is 4.79 Å². The summed E-state index contributed by atoms with van der Waals surface area (Å²) in [6.45, 7) is 14.4. The largest absolute Gasteiger partial charge is 0.465 e. The fourth-order valence-electron chi connectivity index (χ4n) is 3.20. The third kappa shape index (κ3) is 5.24. The van der Waals surface area contributed by atoms with Crippen LogP contribution in [-0.2, 0) is 14.3 Å². The first-order chi connectivity index (χ1) is 9.97. The SMILES string of the molecule is CCOC(=O)C1(NCCN(CC)CC)CC(C)OC(C)C1. The molecule has 1 saturated heterocycles. The van der Waals surface area contributed by atoms with Crippen LogP contribution >= 0.6 is 0 Å². The minimum atomic E-state index is -0.597. The lowest BCUT2D eigenvalue weighted by Gasteiger charge is -2.41. The molecule has 1 N–H and O–H groups in total. The summed E-state index contributed by atoms with van der Waals surface area (Å²) in [4.78, 5) is 14.8. The highest BCUT2D eigenvalue weighted by atomic mass is 16.5. The van der Waals surface area contributed by atoms with E-state index >= 15 is 0 Å². The minimum Gasteiger partial charge on any atom is -0.465 e. The molecular weight excluding hydrogens is 268 g/mol. The monoisotopic (exact) mass is 300 g/mol. The number of hydrogen-bond donors (Lipinski definition) is 1. The lowest BCUT2D eigenvalue weighted by molar-refractivity contribution is -0.162. The van der Waals surface area contributed by atoms with E-state index in [2.05, 4.69) is 24.1 Å². The molecule has 0 aromatic rings. The quantitative estimate of drug-likeness (QED) is 0.693. The van der Waals surface area contributed by atoms with Crippen molar-refractivity contribution in [3.8, 4) is 0 Å². The molecule has 1 fully saturated rings. The smallest absolute Gasteiger partial charge is 0.326 e. The van der Waals surface area contributed by atoms with E-state index in [-0.39, 0.29) is 18.2 Å². The van der Waals surface area contributed by atoms with E-state index in [4.69, 9.17) is 9.47 Å². The summed E-state index contributed by atoms with van der Waals surface area (Å²) in [5, 5.41) is 3.48. The molecule has 0 saturated carbocycles. The minimum absolute atomic E-state index is 0.0686. The molecule has 0 aromatic carbocycles. The number of nitrogens with one attached hydrogen (secondary N) is 1. The van der Waals surface area contributed by atoms with Crippen molar-refractivity contribution in [1.82, 2.24) is 10.2 Å². The van der Waals surface area contributed by atoms with E-state index in [1.54, 1.807) is 0 Å². The third-order valence-electron chi connectivity index (χ3n) is 4.19. The number of esters is 1. The second-order valence-electron chi connectivity index (χ2n) is 5.92. The van der Waals surface area contributed by atoms with Crippen LogP contribution in [0.3, 0.4) is 0 Å². The van der Waals surface area contributed by atoms with Crippen LogP contribution in [0.5, 0.6) is 0 Å². The third-order valence-corrected chi connectivity index (χ3v) is 4.19. The first-order valence-electron chi connectivity index (χ1n) is 8.27. The Labute approximate surface area is 129 Å². The normalized spacial score (nSPS) is 29.6. The van der Waals surface area contributed by atoms with E-state index in [9.17, 15) is 4.79 Å². The Bertz CT molecular complexity index is 309. The molecule has 2 unspecified atom stereocenters. The van der Waals surface area contributed by atoms with E-state index in [1.807, 2.05) is 20.8 Å². The number of hydrogen-bond acceptors (Lipinski definition) is 5. The summed E-state index contributed by atoms with van der Waals surface area (Å²) < 4.78 is 11.1. The average molecular weight is 300 g/mol. The van der Waals surface area contributed by atoms with Crippen LogP contribution in [0.1, 0.15) is 47.5 Å².